The largest absolute Gasteiger partial charge is 0.259 e. The number of aryl methyl sites for hydroxylation is 2. The highest BCUT2D eigenvalue weighted by molar-refractivity contribution is 7.15. The summed E-state index contributed by atoms with van der Waals surface area (Å²) in [7, 11) is 0. The van der Waals surface area contributed by atoms with E-state index in [-0.39, 0.29) is 0 Å². The predicted molar refractivity (Wildman–Crippen MR) is 116 cm³/mol. The van der Waals surface area contributed by atoms with Crippen LogP contribution in [0, 0.1) is 20.8 Å². The van der Waals surface area contributed by atoms with Gasteiger partial charge in [-0.1, -0.05) is 36.4 Å². The Kier molecular flexibility index (Phi) is 4.24. The molecule has 6 nitrogen and oxygen atoms in total. The maximum Gasteiger partial charge on any atom is 0.253 e. The number of anilines is 1. The first-order chi connectivity index (χ1) is 14.1. The number of rotatable bonds is 3. The molecule has 0 atom stereocenters. The van der Waals surface area contributed by atoms with Crippen LogP contribution in [0.25, 0.3) is 5.00 Å². The summed E-state index contributed by atoms with van der Waals surface area (Å²) in [6, 6.07) is 16.2. The second kappa shape index (κ2) is 6.93. The van der Waals surface area contributed by atoms with Crippen LogP contribution < -0.4 is 5.01 Å². The van der Waals surface area contributed by atoms with E-state index < -0.39 is 0 Å². The van der Waals surface area contributed by atoms with Crippen molar-refractivity contribution in [1.82, 2.24) is 19.7 Å². The van der Waals surface area contributed by atoms with Crippen LogP contribution in [0.2, 0.25) is 0 Å². The molecule has 1 aromatic carbocycles. The molecule has 7 heteroatoms. The summed E-state index contributed by atoms with van der Waals surface area (Å²) in [6.45, 7) is 6.82. The van der Waals surface area contributed by atoms with E-state index in [2.05, 4.69) is 45.7 Å². The molecule has 3 aromatic heterocycles. The Labute approximate surface area is 173 Å². The fourth-order valence-electron chi connectivity index (χ4n) is 3.57. The molecule has 0 unspecified atom stereocenters. The Morgan fingerprint density at radius 2 is 1.72 bits per heavy atom. The van der Waals surface area contributed by atoms with Crippen molar-refractivity contribution < 1.29 is 0 Å². The van der Waals surface area contributed by atoms with Crippen molar-refractivity contribution in [1.29, 1.82) is 0 Å². The lowest BCUT2D eigenvalue weighted by atomic mass is 10.00. The van der Waals surface area contributed by atoms with Crippen LogP contribution in [0.4, 0.5) is 5.95 Å². The highest BCUT2D eigenvalue weighted by atomic mass is 32.1. The second-order valence-corrected chi connectivity index (χ2v) is 8.24. The molecule has 0 spiro atoms. The summed E-state index contributed by atoms with van der Waals surface area (Å²) in [5.74, 6) is 1.56. The Morgan fingerprint density at radius 3 is 2.48 bits per heavy atom. The maximum absolute atomic E-state index is 5.10. The van der Waals surface area contributed by atoms with Crippen LogP contribution in [-0.2, 0) is 6.54 Å². The molecule has 29 heavy (non-hydrogen) atoms. The summed E-state index contributed by atoms with van der Waals surface area (Å²) >= 11 is 1.76. The highest BCUT2D eigenvalue weighted by Gasteiger charge is 2.30. The van der Waals surface area contributed by atoms with Gasteiger partial charge in [0.25, 0.3) is 5.95 Å². The molecule has 4 heterocycles. The van der Waals surface area contributed by atoms with Gasteiger partial charge in [-0.2, -0.15) is 5.10 Å². The molecule has 5 rings (SSSR count). The number of hydrazone groups is 1. The van der Waals surface area contributed by atoms with Gasteiger partial charge < -0.3 is 0 Å². The minimum atomic E-state index is 0.516. The Bertz CT molecular complexity index is 1210. The Morgan fingerprint density at radius 1 is 0.931 bits per heavy atom. The lowest BCUT2D eigenvalue weighted by molar-refractivity contribution is 0.780. The van der Waals surface area contributed by atoms with Gasteiger partial charge in [0, 0.05) is 22.2 Å². The highest BCUT2D eigenvalue weighted by Crippen LogP contribution is 2.38. The van der Waals surface area contributed by atoms with Crippen LogP contribution in [0.5, 0.6) is 0 Å². The van der Waals surface area contributed by atoms with E-state index in [1.807, 2.05) is 48.3 Å². The van der Waals surface area contributed by atoms with Gasteiger partial charge in [0.1, 0.15) is 16.5 Å². The number of thiophene rings is 1. The van der Waals surface area contributed by atoms with Gasteiger partial charge in [0.05, 0.1) is 12.2 Å². The second-order valence-electron chi connectivity index (χ2n) is 7.04. The fraction of sp³-hybridized carbons (Fsp3) is 0.182. The minimum Gasteiger partial charge on any atom is -0.259 e. The molecule has 144 valence electrons. The number of nitrogens with zero attached hydrogens (tertiary/aromatic N) is 6. The number of hydrogen-bond donors (Lipinski definition) is 0. The topological polar surface area (TPSA) is 59.2 Å². The van der Waals surface area contributed by atoms with Crippen molar-refractivity contribution in [3.8, 4) is 5.00 Å². The first-order valence-electron chi connectivity index (χ1n) is 9.47. The van der Waals surface area contributed by atoms with E-state index in [0.29, 0.717) is 12.5 Å². The maximum atomic E-state index is 5.10. The molecule has 0 saturated heterocycles. The zero-order valence-corrected chi connectivity index (χ0v) is 17.3. The molecule has 0 N–H and O–H groups in total. The van der Waals surface area contributed by atoms with E-state index in [0.717, 1.165) is 33.4 Å². The lowest BCUT2D eigenvalue weighted by Gasteiger charge is -2.17. The molecular weight excluding hydrogens is 380 g/mol. The average Bonchev–Trinajstić information content (AvgIpc) is 3.22. The van der Waals surface area contributed by atoms with E-state index in [9.17, 15) is 0 Å². The summed E-state index contributed by atoms with van der Waals surface area (Å²) in [5.41, 5.74) is 5.34. The van der Waals surface area contributed by atoms with Crippen LogP contribution in [0.15, 0.2) is 59.8 Å². The van der Waals surface area contributed by atoms with Gasteiger partial charge >= 0.3 is 0 Å². The van der Waals surface area contributed by atoms with Gasteiger partial charge in [-0.25, -0.2) is 5.01 Å². The predicted octanol–water partition coefficient (Wildman–Crippen LogP) is 4.42. The first kappa shape index (κ1) is 17.8. The van der Waals surface area contributed by atoms with Crippen LogP contribution in [0.3, 0.4) is 0 Å². The lowest BCUT2D eigenvalue weighted by Crippen LogP contribution is -2.21. The number of benzene rings is 1. The van der Waals surface area contributed by atoms with Gasteiger partial charge in [-0.05, 0) is 38.5 Å². The number of fused-ring (bicyclic) bond motifs is 3. The molecule has 0 saturated carbocycles. The molecule has 0 aliphatic carbocycles. The molecule has 1 aliphatic rings. The monoisotopic (exact) mass is 400 g/mol. The third-order valence-electron chi connectivity index (χ3n) is 5.15. The van der Waals surface area contributed by atoms with Crippen molar-refractivity contribution in [2.75, 3.05) is 5.01 Å². The van der Waals surface area contributed by atoms with Gasteiger partial charge in [-0.3, -0.25) is 9.55 Å². The minimum absolute atomic E-state index is 0.516. The van der Waals surface area contributed by atoms with E-state index in [4.69, 9.17) is 5.10 Å². The van der Waals surface area contributed by atoms with Crippen molar-refractivity contribution in [3.05, 3.63) is 87.8 Å². The summed E-state index contributed by atoms with van der Waals surface area (Å²) in [4.78, 5) is 5.76. The summed E-state index contributed by atoms with van der Waals surface area (Å²) in [5, 5.41) is 17.0. The molecule has 0 fully saturated rings. The zero-order valence-electron chi connectivity index (χ0n) is 16.5. The smallest absolute Gasteiger partial charge is 0.253 e. The SMILES string of the molecule is Cc1sc2c(c1C)C(c1ccccc1)=NN(Cc1ccccn1)c1nnc(C)n1-2. The fourth-order valence-corrected chi connectivity index (χ4v) is 4.77. The van der Waals surface area contributed by atoms with Crippen LogP contribution >= 0.6 is 11.3 Å². The van der Waals surface area contributed by atoms with Crippen molar-refractivity contribution in [3.63, 3.8) is 0 Å². The molecule has 0 bridgehead atoms. The zero-order chi connectivity index (χ0) is 20.0. The normalized spacial score (nSPS) is 12.9. The first-order valence-corrected chi connectivity index (χ1v) is 10.3. The number of aromatic nitrogens is 4. The van der Waals surface area contributed by atoms with Gasteiger partial charge in [0.15, 0.2) is 0 Å². The summed E-state index contributed by atoms with van der Waals surface area (Å²) < 4.78 is 2.11. The Balaban J connectivity index is 1.77. The van der Waals surface area contributed by atoms with Gasteiger partial charge in [0.2, 0.25) is 0 Å². The molecule has 4 aromatic rings. The van der Waals surface area contributed by atoms with Crippen LogP contribution in [0.1, 0.15) is 33.1 Å². The molecule has 1 aliphatic heterocycles. The van der Waals surface area contributed by atoms with E-state index in [1.165, 1.54) is 10.4 Å². The third-order valence-corrected chi connectivity index (χ3v) is 6.34. The Hall–Kier alpha value is -3.32. The van der Waals surface area contributed by atoms with Crippen LogP contribution in [-0.4, -0.2) is 25.5 Å². The van der Waals surface area contributed by atoms with Crippen molar-refractivity contribution >= 4 is 23.0 Å². The number of pyridine rings is 1. The van der Waals surface area contributed by atoms with Crippen molar-refractivity contribution in [2.45, 2.75) is 27.3 Å². The average molecular weight is 401 g/mol. The third kappa shape index (κ3) is 2.94. The van der Waals surface area contributed by atoms with E-state index in [1.54, 1.807) is 17.5 Å². The number of hydrogen-bond acceptors (Lipinski definition) is 6. The van der Waals surface area contributed by atoms with E-state index >= 15 is 0 Å². The molecular formula is C22H20N6S. The molecule has 0 amide bonds. The standard InChI is InChI=1S/C22H20N6S/c1-14-15(2)29-21-19(14)20(17-9-5-4-6-10-17)26-27(13-18-11-7-8-12-23-18)22-25-24-16(3)28(21)22/h4-12H,13H2,1-3H3. The van der Waals surface area contributed by atoms with Gasteiger partial charge in [-0.15, -0.1) is 21.5 Å². The summed E-state index contributed by atoms with van der Waals surface area (Å²) in [6.07, 6.45) is 1.80. The van der Waals surface area contributed by atoms with Crippen molar-refractivity contribution in [2.24, 2.45) is 5.10 Å². The molecule has 0 radical (unpaired) electrons. The quantitative estimate of drug-likeness (QED) is 0.511.